The lowest BCUT2D eigenvalue weighted by Crippen LogP contribution is -2.64. The second kappa shape index (κ2) is 40.9. The number of hydrogen-bond donors (Lipinski definition) is 8. The lowest BCUT2D eigenvalue weighted by atomic mass is 9.85. The van der Waals surface area contributed by atoms with E-state index in [-0.39, 0.29) is 12.8 Å². The van der Waals surface area contributed by atoms with Gasteiger partial charge in [0, 0.05) is 12.8 Å². The van der Waals surface area contributed by atoms with Crippen LogP contribution in [-0.2, 0) is 32.7 Å². The van der Waals surface area contributed by atoms with E-state index in [1.165, 1.54) is 19.3 Å². The molecule has 1 rings (SSSR count). The maximum absolute atomic E-state index is 12.8. The highest BCUT2D eigenvalue weighted by Crippen LogP contribution is 2.47. The number of phosphoric ester groups is 1. The van der Waals surface area contributed by atoms with Gasteiger partial charge in [-0.1, -0.05) is 155 Å². The fourth-order valence-electron chi connectivity index (χ4n) is 6.47. The first-order chi connectivity index (χ1) is 33.2. The van der Waals surface area contributed by atoms with Crippen LogP contribution in [-0.4, -0.2) is 121 Å². The molecule has 0 spiro atoms. The molecule has 10 atom stereocenters. The van der Waals surface area contributed by atoms with Crippen LogP contribution in [0, 0.1) is 0 Å². The summed E-state index contributed by atoms with van der Waals surface area (Å²) in [5.41, 5.74) is 0. The summed E-state index contributed by atoms with van der Waals surface area (Å²) in [4.78, 5) is 35.8. The average molecular weight is 991 g/mol. The van der Waals surface area contributed by atoms with E-state index in [1.54, 1.807) is 42.5 Å². The van der Waals surface area contributed by atoms with Crippen molar-refractivity contribution in [3.05, 3.63) is 122 Å². The molecule has 1 fully saturated rings. The molecule has 8 N–H and O–H groups in total. The second-order valence-electron chi connectivity index (χ2n) is 16.6. The molecule has 0 amide bonds. The number of aliphatic hydroxyl groups excluding tert-OH is 7. The average Bonchev–Trinajstić information content (AvgIpc) is 3.32. The first-order valence-electron chi connectivity index (χ1n) is 24.6. The van der Waals surface area contributed by atoms with Gasteiger partial charge in [0.05, 0.1) is 18.8 Å². The molecule has 1 saturated carbocycles. The van der Waals surface area contributed by atoms with Crippen molar-refractivity contribution < 1.29 is 73.3 Å². The lowest BCUT2D eigenvalue weighted by molar-refractivity contribution is -0.220. The smallest absolute Gasteiger partial charge is 0.462 e. The molecule has 0 aliphatic heterocycles. The maximum atomic E-state index is 12.8. The summed E-state index contributed by atoms with van der Waals surface area (Å²) in [6.07, 6.45) is 37.3. The predicted molar refractivity (Wildman–Crippen MR) is 269 cm³/mol. The molecule has 3 unspecified atom stereocenters. The van der Waals surface area contributed by atoms with Crippen molar-refractivity contribution in [3.8, 4) is 0 Å². The van der Waals surface area contributed by atoms with Gasteiger partial charge in [-0.15, -0.1) is 0 Å². The van der Waals surface area contributed by atoms with Crippen LogP contribution in [0.4, 0.5) is 0 Å². The van der Waals surface area contributed by atoms with Crippen LogP contribution in [0.15, 0.2) is 122 Å². The van der Waals surface area contributed by atoms with Gasteiger partial charge in [0.1, 0.15) is 43.2 Å². The second-order valence-corrected chi connectivity index (χ2v) is 18.0. The largest absolute Gasteiger partial charge is 0.472 e. The molecule has 0 heterocycles. The summed E-state index contributed by atoms with van der Waals surface area (Å²) < 4.78 is 33.4. The highest BCUT2D eigenvalue weighted by Gasteiger charge is 2.51. The summed E-state index contributed by atoms with van der Waals surface area (Å²) in [5, 5.41) is 70.2. The molecule has 0 saturated heterocycles. The zero-order valence-electron chi connectivity index (χ0n) is 40.8. The Kier molecular flexibility index (Phi) is 37.4. The lowest BCUT2D eigenvalue weighted by Gasteiger charge is -2.41. The van der Waals surface area contributed by atoms with Gasteiger partial charge in [-0.2, -0.15) is 0 Å². The van der Waals surface area contributed by atoms with Gasteiger partial charge in [0.15, 0.2) is 6.10 Å². The third-order valence-corrected chi connectivity index (χ3v) is 11.5. The summed E-state index contributed by atoms with van der Waals surface area (Å²) in [6.45, 7) is 2.89. The molecule has 390 valence electrons. The van der Waals surface area contributed by atoms with Crippen LogP contribution in [0.25, 0.3) is 0 Å². The first kappa shape index (κ1) is 63.2. The highest BCUT2D eigenvalue weighted by molar-refractivity contribution is 7.47. The van der Waals surface area contributed by atoms with Crippen molar-refractivity contribution in [3.63, 3.8) is 0 Å². The number of carbonyl (C=O) groups excluding carboxylic acids is 2. The van der Waals surface area contributed by atoms with Crippen molar-refractivity contribution in [1.29, 1.82) is 0 Å². The SMILES string of the molecule is CC/C=C\C[C@@H](O)/C=C/C=C\C=C\[C@@H](O)C/C=C\C/C=C\CCC(=O)OC[C@H](COP(=O)(O)OC1[C@H](O)[C@H](O)C(O)[C@H](O)[C@H]1O)OC(=O)CCCCC/C=C\C/C=C\C/C=C\C/C=C\CCCCC. The minimum absolute atomic E-state index is 0.0131. The number of unbranched alkanes of at least 4 members (excludes halogenated alkanes) is 6. The Bertz CT molecular complexity index is 1700. The fraction of sp³-hybridized carbons (Fsp3) is 0.585. The molecule has 1 aliphatic rings. The Morgan fingerprint density at radius 1 is 0.536 bits per heavy atom. The molecule has 0 aromatic rings. The molecular weight excluding hydrogens is 908 g/mol. The Morgan fingerprint density at radius 2 is 1.01 bits per heavy atom. The number of ether oxygens (including phenoxy) is 2. The minimum Gasteiger partial charge on any atom is -0.462 e. The number of carbonyl (C=O) groups is 2. The number of esters is 2. The zero-order valence-corrected chi connectivity index (χ0v) is 41.7. The van der Waals surface area contributed by atoms with Gasteiger partial charge in [0.25, 0.3) is 0 Å². The van der Waals surface area contributed by atoms with E-state index < -0.39 is 87.9 Å². The van der Waals surface area contributed by atoms with Crippen molar-refractivity contribution in [2.24, 2.45) is 0 Å². The number of phosphoric acid groups is 1. The summed E-state index contributed by atoms with van der Waals surface area (Å²) in [7, 11) is -5.18. The molecule has 0 radical (unpaired) electrons. The van der Waals surface area contributed by atoms with Gasteiger partial charge >= 0.3 is 19.8 Å². The predicted octanol–water partition coefficient (Wildman–Crippen LogP) is 8.11. The Labute approximate surface area is 410 Å². The van der Waals surface area contributed by atoms with Gasteiger partial charge < -0.3 is 50.1 Å². The number of aliphatic hydroxyl groups is 7. The third-order valence-electron chi connectivity index (χ3n) is 10.5. The molecule has 16 heteroatoms. The zero-order chi connectivity index (χ0) is 51.0. The number of rotatable bonds is 38. The number of allylic oxidation sites excluding steroid dienone is 16. The Morgan fingerprint density at radius 3 is 1.55 bits per heavy atom. The molecule has 0 bridgehead atoms. The topological polar surface area (TPSA) is 250 Å². The van der Waals surface area contributed by atoms with E-state index in [9.17, 15) is 54.8 Å². The molecule has 15 nitrogen and oxygen atoms in total. The summed E-state index contributed by atoms with van der Waals surface area (Å²) in [6, 6.07) is 0. The molecule has 0 aromatic carbocycles. The van der Waals surface area contributed by atoms with E-state index in [0.717, 1.165) is 51.4 Å². The van der Waals surface area contributed by atoms with Crippen LogP contribution < -0.4 is 0 Å². The van der Waals surface area contributed by atoms with Crippen molar-refractivity contribution in [2.45, 2.75) is 184 Å². The normalized spacial score (nSPS) is 22.9. The standard InChI is InChI=1S/C53H83O15P/c1-3-5-7-8-9-10-11-12-13-14-15-16-17-18-19-20-21-26-34-40-47(57)67-45(42-66-69(63,64)68-53-51(61)49(59)48(58)50(60)52(53)62)41-65-46(56)39-33-25-23-22-24-30-36-44(55)38-32-28-27-31-37-43(54)35-29-6-4-2/h6,9-10,12-13,15-16,18-19,23-25,27-32,37-38,43-45,48-55,58-62H,3-5,7-8,11,14,17,20-22,26,33-36,39-42H2,1-2H3,(H,63,64)/b10-9-,13-12-,16-15-,19-18-,25-23-,28-27-,29-6-,30-24-,37-31+,38-32+/t43-,44+,45-,48?,49-,50+,51-,52-,53?/m1/s1. The molecule has 0 aromatic heterocycles. The minimum atomic E-state index is -5.18. The summed E-state index contributed by atoms with van der Waals surface area (Å²) in [5.74, 6) is -1.32. The van der Waals surface area contributed by atoms with E-state index >= 15 is 0 Å². The van der Waals surface area contributed by atoms with Gasteiger partial charge in [0.2, 0.25) is 0 Å². The molecule has 1 aliphatic carbocycles. The fourth-order valence-corrected chi connectivity index (χ4v) is 7.44. The maximum Gasteiger partial charge on any atom is 0.472 e. The van der Waals surface area contributed by atoms with Gasteiger partial charge in [-0.3, -0.25) is 18.6 Å². The van der Waals surface area contributed by atoms with E-state index in [1.807, 2.05) is 37.3 Å². The monoisotopic (exact) mass is 991 g/mol. The van der Waals surface area contributed by atoms with Crippen molar-refractivity contribution in [2.75, 3.05) is 13.2 Å². The van der Waals surface area contributed by atoms with E-state index in [4.69, 9.17) is 18.5 Å². The first-order valence-corrected chi connectivity index (χ1v) is 26.1. The van der Waals surface area contributed by atoms with Crippen LogP contribution in [0.1, 0.15) is 129 Å². The van der Waals surface area contributed by atoms with Crippen LogP contribution in [0.5, 0.6) is 0 Å². The van der Waals surface area contributed by atoms with Crippen LogP contribution >= 0.6 is 7.82 Å². The number of hydrogen-bond acceptors (Lipinski definition) is 14. The van der Waals surface area contributed by atoms with Crippen LogP contribution in [0.2, 0.25) is 0 Å². The van der Waals surface area contributed by atoms with E-state index in [0.29, 0.717) is 32.1 Å². The molecular formula is C53H83O15P. The third kappa shape index (κ3) is 33.4. The Balaban J connectivity index is 2.57. The van der Waals surface area contributed by atoms with Crippen molar-refractivity contribution in [1.82, 2.24) is 0 Å². The Hall–Kier alpha value is -3.83. The van der Waals surface area contributed by atoms with Crippen molar-refractivity contribution >= 4 is 19.8 Å². The van der Waals surface area contributed by atoms with Crippen LogP contribution in [0.3, 0.4) is 0 Å². The highest BCUT2D eigenvalue weighted by atomic mass is 31.2. The van der Waals surface area contributed by atoms with Gasteiger partial charge in [-0.05, 0) is 83.5 Å². The summed E-state index contributed by atoms with van der Waals surface area (Å²) >= 11 is 0. The van der Waals surface area contributed by atoms with E-state index in [2.05, 4.69) is 55.5 Å². The van der Waals surface area contributed by atoms with Gasteiger partial charge in [-0.25, -0.2) is 4.57 Å². The molecule has 69 heavy (non-hydrogen) atoms. The quantitative estimate of drug-likeness (QED) is 0.00957.